The van der Waals surface area contributed by atoms with Gasteiger partial charge >= 0.3 is 0 Å². The summed E-state index contributed by atoms with van der Waals surface area (Å²) in [5.74, 6) is -0.242. The van der Waals surface area contributed by atoms with Crippen molar-refractivity contribution in [2.45, 2.75) is 6.92 Å². The lowest BCUT2D eigenvalue weighted by Crippen LogP contribution is -2.13. The minimum atomic E-state index is -0.242. The second-order valence-corrected chi connectivity index (χ2v) is 6.06. The molecule has 0 saturated carbocycles. The van der Waals surface area contributed by atoms with Gasteiger partial charge in [0.15, 0.2) is 5.15 Å². The van der Waals surface area contributed by atoms with Gasteiger partial charge in [-0.1, -0.05) is 17.7 Å². The minimum Gasteiger partial charge on any atom is -0.319 e. The summed E-state index contributed by atoms with van der Waals surface area (Å²) in [6.45, 7) is 1.96. The third-order valence-corrected chi connectivity index (χ3v) is 3.81. The molecule has 19 heavy (non-hydrogen) atoms. The quantitative estimate of drug-likeness (QED) is 0.729. The molecule has 0 radical (unpaired) electrons. The van der Waals surface area contributed by atoms with Crippen molar-refractivity contribution in [2.24, 2.45) is 0 Å². The SMILES string of the molecule is Cc1ccc(C(=O)Nc2cc(Br)cnc2Cl)c(Br)c1. The van der Waals surface area contributed by atoms with Crippen LogP contribution in [-0.2, 0) is 0 Å². The second-order valence-electron chi connectivity index (χ2n) is 3.93. The molecule has 0 aliphatic carbocycles. The van der Waals surface area contributed by atoms with Crippen LogP contribution in [0.2, 0.25) is 5.15 Å². The van der Waals surface area contributed by atoms with E-state index in [-0.39, 0.29) is 11.1 Å². The first-order valence-corrected chi connectivity index (χ1v) is 7.32. The van der Waals surface area contributed by atoms with Gasteiger partial charge in [0.25, 0.3) is 5.91 Å². The van der Waals surface area contributed by atoms with Crippen LogP contribution < -0.4 is 5.32 Å². The Hall–Kier alpha value is -0.910. The van der Waals surface area contributed by atoms with Crippen molar-refractivity contribution in [1.29, 1.82) is 0 Å². The summed E-state index contributed by atoms with van der Waals surface area (Å²) < 4.78 is 1.49. The zero-order valence-electron chi connectivity index (χ0n) is 9.88. The zero-order valence-corrected chi connectivity index (χ0v) is 13.8. The summed E-state index contributed by atoms with van der Waals surface area (Å²) >= 11 is 12.6. The Balaban J connectivity index is 2.28. The number of amides is 1. The topological polar surface area (TPSA) is 42.0 Å². The van der Waals surface area contributed by atoms with Gasteiger partial charge in [0.1, 0.15) is 0 Å². The lowest BCUT2D eigenvalue weighted by atomic mass is 10.1. The standard InChI is InChI=1S/C13H9Br2ClN2O/c1-7-2-3-9(10(15)4-7)13(19)18-11-5-8(14)6-17-12(11)16/h2-6H,1H3,(H,18,19). The van der Waals surface area contributed by atoms with Crippen molar-refractivity contribution in [1.82, 2.24) is 4.98 Å². The maximum absolute atomic E-state index is 12.2. The van der Waals surface area contributed by atoms with E-state index >= 15 is 0 Å². The van der Waals surface area contributed by atoms with E-state index in [1.165, 1.54) is 0 Å². The number of aryl methyl sites for hydroxylation is 1. The van der Waals surface area contributed by atoms with Crippen LogP contribution in [0.4, 0.5) is 5.69 Å². The first kappa shape index (κ1) is 14.5. The number of rotatable bonds is 2. The molecule has 0 aliphatic rings. The molecule has 0 unspecified atom stereocenters. The summed E-state index contributed by atoms with van der Waals surface area (Å²) in [4.78, 5) is 16.1. The first-order valence-electron chi connectivity index (χ1n) is 5.36. The molecular formula is C13H9Br2ClN2O. The van der Waals surface area contributed by atoms with Crippen LogP contribution in [0, 0.1) is 6.92 Å². The number of aromatic nitrogens is 1. The second kappa shape index (κ2) is 6.03. The van der Waals surface area contributed by atoms with E-state index in [1.807, 2.05) is 19.1 Å². The number of hydrogen-bond donors (Lipinski definition) is 1. The number of hydrogen-bond acceptors (Lipinski definition) is 2. The molecule has 1 aromatic carbocycles. The van der Waals surface area contributed by atoms with Crippen molar-refractivity contribution in [2.75, 3.05) is 5.32 Å². The summed E-state index contributed by atoms with van der Waals surface area (Å²) in [5, 5.41) is 2.98. The maximum atomic E-state index is 12.2. The normalized spacial score (nSPS) is 10.3. The number of carbonyl (C=O) groups excluding carboxylic acids is 1. The third-order valence-electron chi connectivity index (χ3n) is 2.42. The van der Waals surface area contributed by atoms with Crippen LogP contribution in [-0.4, -0.2) is 10.9 Å². The number of halogens is 3. The summed E-state index contributed by atoms with van der Waals surface area (Å²) in [6, 6.07) is 7.22. The predicted octanol–water partition coefficient (Wildman–Crippen LogP) is 4.82. The van der Waals surface area contributed by atoms with Crippen molar-refractivity contribution >= 4 is 55.1 Å². The van der Waals surface area contributed by atoms with Crippen molar-refractivity contribution < 1.29 is 4.79 Å². The van der Waals surface area contributed by atoms with Crippen molar-refractivity contribution in [3.8, 4) is 0 Å². The molecule has 1 N–H and O–H groups in total. The lowest BCUT2D eigenvalue weighted by Gasteiger charge is -2.09. The van der Waals surface area contributed by atoms with E-state index < -0.39 is 0 Å². The molecule has 0 bridgehead atoms. The Morgan fingerprint density at radius 3 is 2.74 bits per heavy atom. The Morgan fingerprint density at radius 1 is 1.32 bits per heavy atom. The van der Waals surface area contributed by atoms with E-state index in [0.29, 0.717) is 11.3 Å². The number of benzene rings is 1. The molecule has 0 saturated heterocycles. The smallest absolute Gasteiger partial charge is 0.256 e. The molecule has 1 amide bonds. The molecular weight excluding hydrogens is 395 g/mol. The lowest BCUT2D eigenvalue weighted by molar-refractivity contribution is 0.102. The molecule has 1 heterocycles. The van der Waals surface area contributed by atoms with E-state index in [0.717, 1.165) is 14.5 Å². The molecule has 98 valence electrons. The van der Waals surface area contributed by atoms with Gasteiger partial charge in [-0.05, 0) is 62.5 Å². The van der Waals surface area contributed by atoms with Crippen LogP contribution in [0.25, 0.3) is 0 Å². The fraction of sp³-hybridized carbons (Fsp3) is 0.0769. The van der Waals surface area contributed by atoms with Crippen LogP contribution in [0.1, 0.15) is 15.9 Å². The number of nitrogens with zero attached hydrogens (tertiary/aromatic N) is 1. The fourth-order valence-corrected chi connectivity index (χ4v) is 2.66. The summed E-state index contributed by atoms with van der Waals surface area (Å²) in [6.07, 6.45) is 1.57. The van der Waals surface area contributed by atoms with Gasteiger partial charge in [-0.2, -0.15) is 0 Å². The molecule has 0 spiro atoms. The van der Waals surface area contributed by atoms with E-state index in [4.69, 9.17) is 11.6 Å². The Kier molecular flexibility index (Phi) is 4.60. The van der Waals surface area contributed by atoms with Crippen LogP contribution in [0.5, 0.6) is 0 Å². The van der Waals surface area contributed by atoms with Crippen LogP contribution in [0.3, 0.4) is 0 Å². The summed E-state index contributed by atoms with van der Waals surface area (Å²) in [5.41, 5.74) is 2.08. The number of anilines is 1. The monoisotopic (exact) mass is 402 g/mol. The molecule has 1 aromatic heterocycles. The largest absolute Gasteiger partial charge is 0.319 e. The maximum Gasteiger partial charge on any atom is 0.256 e. The van der Waals surface area contributed by atoms with E-state index in [9.17, 15) is 4.79 Å². The predicted molar refractivity (Wildman–Crippen MR) is 83.8 cm³/mol. The Morgan fingerprint density at radius 2 is 2.05 bits per heavy atom. The highest BCUT2D eigenvalue weighted by Crippen LogP contribution is 2.25. The molecule has 0 atom stereocenters. The van der Waals surface area contributed by atoms with Crippen molar-refractivity contribution in [3.63, 3.8) is 0 Å². The molecule has 3 nitrogen and oxygen atoms in total. The molecule has 2 rings (SSSR count). The van der Waals surface area contributed by atoms with Crippen LogP contribution >= 0.6 is 43.5 Å². The number of pyridine rings is 1. The van der Waals surface area contributed by atoms with Gasteiger partial charge < -0.3 is 5.32 Å². The molecule has 6 heteroatoms. The highest BCUT2D eigenvalue weighted by Gasteiger charge is 2.12. The van der Waals surface area contributed by atoms with Gasteiger partial charge in [0.05, 0.1) is 11.3 Å². The van der Waals surface area contributed by atoms with Crippen LogP contribution in [0.15, 0.2) is 39.4 Å². The van der Waals surface area contributed by atoms with Gasteiger partial charge in [0, 0.05) is 15.1 Å². The zero-order chi connectivity index (χ0) is 14.0. The van der Waals surface area contributed by atoms with Gasteiger partial charge in [-0.3, -0.25) is 4.79 Å². The highest BCUT2D eigenvalue weighted by molar-refractivity contribution is 9.10. The minimum absolute atomic E-state index is 0.242. The van der Waals surface area contributed by atoms with Crippen molar-refractivity contribution in [3.05, 3.63) is 55.7 Å². The van der Waals surface area contributed by atoms with Gasteiger partial charge in [-0.15, -0.1) is 0 Å². The first-order chi connectivity index (χ1) is 8.97. The van der Waals surface area contributed by atoms with E-state index in [2.05, 4.69) is 42.2 Å². The molecule has 0 aliphatic heterocycles. The third kappa shape index (κ3) is 3.55. The van der Waals surface area contributed by atoms with Gasteiger partial charge in [0.2, 0.25) is 0 Å². The number of carbonyl (C=O) groups is 1. The highest BCUT2D eigenvalue weighted by atomic mass is 79.9. The number of nitrogens with one attached hydrogen (secondary N) is 1. The molecule has 0 fully saturated rings. The van der Waals surface area contributed by atoms with E-state index in [1.54, 1.807) is 18.3 Å². The average Bonchev–Trinajstić information content (AvgIpc) is 2.33. The van der Waals surface area contributed by atoms with Gasteiger partial charge in [-0.25, -0.2) is 4.98 Å². The fourth-order valence-electron chi connectivity index (χ4n) is 1.50. The molecule has 2 aromatic rings. The average molecular weight is 404 g/mol. The summed E-state index contributed by atoms with van der Waals surface area (Å²) in [7, 11) is 0. The Bertz CT molecular complexity index is 647. The Labute approximate surface area is 132 Å².